The first kappa shape index (κ1) is 20.9. The summed E-state index contributed by atoms with van der Waals surface area (Å²) < 4.78 is 5.54. The van der Waals surface area contributed by atoms with E-state index >= 15 is 0 Å². The first-order valence-corrected chi connectivity index (χ1v) is 10.5. The lowest BCUT2D eigenvalue weighted by atomic mass is 9.84. The molecule has 0 amide bonds. The summed E-state index contributed by atoms with van der Waals surface area (Å²) in [6.07, 6.45) is 1.74. The molecule has 3 aromatic rings. The van der Waals surface area contributed by atoms with Gasteiger partial charge < -0.3 is 10.5 Å². The van der Waals surface area contributed by atoms with Crippen LogP contribution in [-0.4, -0.2) is 35.1 Å². The number of benzene rings is 2. The Morgan fingerprint density at radius 3 is 2.33 bits per heavy atom. The van der Waals surface area contributed by atoms with E-state index in [4.69, 9.17) is 38.7 Å². The molecule has 2 heterocycles. The predicted molar refractivity (Wildman–Crippen MR) is 123 cm³/mol. The van der Waals surface area contributed by atoms with Crippen LogP contribution in [0.25, 0.3) is 22.4 Å². The summed E-state index contributed by atoms with van der Waals surface area (Å²) in [5.74, 6) is 0.515. The zero-order valence-corrected chi connectivity index (χ0v) is 18.8. The van der Waals surface area contributed by atoms with E-state index in [2.05, 4.69) is 23.7 Å². The fourth-order valence-electron chi connectivity index (χ4n) is 3.98. The molecule has 1 aliphatic rings. The van der Waals surface area contributed by atoms with Gasteiger partial charge in [-0.15, -0.1) is 0 Å². The molecule has 0 aliphatic carbocycles. The standard InChI is InChI=1S/C23H24Cl2N4O/c1-23(2)12-29(13-23)11-19-22(30-3)28-18(10-27-19)16-8-4-6-14(20(16)24)15-7-5-9-17(26)21(15)25/h4-10H,11-13,26H2,1-3H3. The minimum Gasteiger partial charge on any atom is -0.480 e. The topological polar surface area (TPSA) is 64.3 Å². The lowest BCUT2D eigenvalue weighted by Gasteiger charge is -2.45. The first-order valence-electron chi connectivity index (χ1n) is 9.74. The Labute approximate surface area is 186 Å². The number of hydrogen-bond acceptors (Lipinski definition) is 5. The number of likely N-dealkylation sites (tertiary alicyclic amines) is 1. The molecule has 0 bridgehead atoms. The van der Waals surface area contributed by atoms with E-state index in [1.54, 1.807) is 19.4 Å². The molecule has 1 fully saturated rings. The summed E-state index contributed by atoms with van der Waals surface area (Å²) in [5.41, 5.74) is 10.6. The molecule has 2 aromatic carbocycles. The van der Waals surface area contributed by atoms with Gasteiger partial charge in [-0.25, -0.2) is 4.98 Å². The smallest absolute Gasteiger partial charge is 0.237 e. The molecule has 1 aromatic heterocycles. The Morgan fingerprint density at radius 1 is 1.03 bits per heavy atom. The van der Waals surface area contributed by atoms with E-state index < -0.39 is 0 Å². The summed E-state index contributed by atoms with van der Waals surface area (Å²) in [4.78, 5) is 11.7. The Bertz CT molecular complexity index is 1090. The molecule has 156 valence electrons. The van der Waals surface area contributed by atoms with Gasteiger partial charge in [0.05, 0.1) is 34.7 Å². The zero-order chi connectivity index (χ0) is 21.5. The van der Waals surface area contributed by atoms with E-state index in [9.17, 15) is 0 Å². The van der Waals surface area contributed by atoms with Crippen molar-refractivity contribution < 1.29 is 4.74 Å². The first-order chi connectivity index (χ1) is 14.3. The number of hydrogen-bond donors (Lipinski definition) is 1. The third-order valence-electron chi connectivity index (χ3n) is 5.27. The number of halogens is 2. The van der Waals surface area contributed by atoms with Gasteiger partial charge in [-0.1, -0.05) is 67.4 Å². The number of aromatic nitrogens is 2. The van der Waals surface area contributed by atoms with Crippen molar-refractivity contribution in [2.75, 3.05) is 25.9 Å². The summed E-state index contributed by atoms with van der Waals surface area (Å²) in [7, 11) is 1.61. The maximum absolute atomic E-state index is 6.77. The van der Waals surface area contributed by atoms with Crippen molar-refractivity contribution in [3.8, 4) is 28.3 Å². The van der Waals surface area contributed by atoms with Gasteiger partial charge in [0.1, 0.15) is 5.69 Å². The van der Waals surface area contributed by atoms with Crippen molar-refractivity contribution in [3.63, 3.8) is 0 Å². The second-order valence-corrected chi connectivity index (χ2v) is 9.15. The van der Waals surface area contributed by atoms with Crippen molar-refractivity contribution in [2.45, 2.75) is 20.4 Å². The van der Waals surface area contributed by atoms with E-state index in [1.165, 1.54) is 0 Å². The Hall–Kier alpha value is -2.34. The molecule has 2 N–H and O–H groups in total. The van der Waals surface area contributed by atoms with Crippen molar-refractivity contribution in [3.05, 3.63) is 58.3 Å². The number of ether oxygens (including phenoxy) is 1. The minimum absolute atomic E-state index is 0.358. The fourth-order valence-corrected chi connectivity index (χ4v) is 4.53. The molecule has 0 atom stereocenters. The molecule has 7 heteroatoms. The fraction of sp³-hybridized carbons (Fsp3) is 0.304. The Morgan fingerprint density at radius 2 is 1.67 bits per heavy atom. The lowest BCUT2D eigenvalue weighted by Crippen LogP contribution is -2.52. The highest BCUT2D eigenvalue weighted by Crippen LogP contribution is 2.40. The highest BCUT2D eigenvalue weighted by Gasteiger charge is 2.34. The second-order valence-electron chi connectivity index (χ2n) is 8.40. The number of methoxy groups -OCH3 is 1. The number of rotatable bonds is 5. The monoisotopic (exact) mass is 442 g/mol. The van der Waals surface area contributed by atoms with Crippen LogP contribution in [0.2, 0.25) is 10.0 Å². The molecule has 0 radical (unpaired) electrons. The molecule has 1 saturated heterocycles. The van der Waals surface area contributed by atoms with Crippen molar-refractivity contribution in [2.24, 2.45) is 5.41 Å². The van der Waals surface area contributed by atoms with Crippen LogP contribution in [0.5, 0.6) is 5.88 Å². The normalized spacial score (nSPS) is 15.6. The molecular formula is C23H24Cl2N4O. The lowest BCUT2D eigenvalue weighted by molar-refractivity contribution is 0.0225. The van der Waals surface area contributed by atoms with Gasteiger partial charge in [0.2, 0.25) is 5.88 Å². The highest BCUT2D eigenvalue weighted by atomic mass is 35.5. The molecule has 0 unspecified atom stereocenters. The van der Waals surface area contributed by atoms with Gasteiger partial charge in [0, 0.05) is 36.3 Å². The van der Waals surface area contributed by atoms with Crippen LogP contribution in [-0.2, 0) is 6.54 Å². The number of anilines is 1. The maximum atomic E-state index is 6.77. The van der Waals surface area contributed by atoms with Gasteiger partial charge in [-0.3, -0.25) is 9.88 Å². The zero-order valence-electron chi connectivity index (χ0n) is 17.2. The molecule has 30 heavy (non-hydrogen) atoms. The molecule has 5 nitrogen and oxygen atoms in total. The highest BCUT2D eigenvalue weighted by molar-refractivity contribution is 6.39. The van der Waals surface area contributed by atoms with Crippen molar-refractivity contribution in [1.82, 2.24) is 14.9 Å². The quantitative estimate of drug-likeness (QED) is 0.524. The summed E-state index contributed by atoms with van der Waals surface area (Å²) >= 11 is 13.2. The summed E-state index contributed by atoms with van der Waals surface area (Å²) in [5, 5.41) is 1.02. The maximum Gasteiger partial charge on any atom is 0.237 e. The van der Waals surface area contributed by atoms with Crippen LogP contribution < -0.4 is 10.5 Å². The van der Waals surface area contributed by atoms with Crippen LogP contribution in [0, 0.1) is 5.41 Å². The number of nitrogens with zero attached hydrogens (tertiary/aromatic N) is 3. The Kier molecular flexibility index (Phi) is 5.62. The van der Waals surface area contributed by atoms with E-state index in [0.29, 0.717) is 39.3 Å². The van der Waals surface area contributed by atoms with E-state index in [0.717, 1.165) is 35.5 Å². The third-order valence-corrected chi connectivity index (χ3v) is 6.10. The largest absolute Gasteiger partial charge is 0.480 e. The van der Waals surface area contributed by atoms with E-state index in [-0.39, 0.29) is 0 Å². The molecule has 4 rings (SSSR count). The van der Waals surface area contributed by atoms with Crippen molar-refractivity contribution in [1.29, 1.82) is 0 Å². The van der Waals surface area contributed by atoms with Gasteiger partial charge in [-0.2, -0.15) is 0 Å². The molecule has 0 saturated carbocycles. The SMILES string of the molecule is COc1nc(-c2cccc(-c3cccc(N)c3Cl)c2Cl)cnc1CN1CC(C)(C)C1. The molecule has 1 aliphatic heterocycles. The number of nitrogens with two attached hydrogens (primary N) is 1. The van der Waals surface area contributed by atoms with Gasteiger partial charge in [0.25, 0.3) is 0 Å². The van der Waals surface area contributed by atoms with Crippen LogP contribution in [0.15, 0.2) is 42.6 Å². The van der Waals surface area contributed by atoms with Crippen LogP contribution in [0.1, 0.15) is 19.5 Å². The molecular weight excluding hydrogens is 419 g/mol. The Balaban J connectivity index is 1.68. The molecule has 0 spiro atoms. The van der Waals surface area contributed by atoms with Gasteiger partial charge >= 0.3 is 0 Å². The van der Waals surface area contributed by atoms with Crippen LogP contribution in [0.3, 0.4) is 0 Å². The predicted octanol–water partition coefficient (Wildman–Crippen LogP) is 5.55. The van der Waals surface area contributed by atoms with E-state index in [1.807, 2.05) is 30.3 Å². The number of nitrogen functional groups attached to an aromatic ring is 1. The average molecular weight is 443 g/mol. The van der Waals surface area contributed by atoms with Gasteiger partial charge in [-0.05, 0) is 11.5 Å². The van der Waals surface area contributed by atoms with Gasteiger partial charge in [0.15, 0.2) is 0 Å². The minimum atomic E-state index is 0.358. The summed E-state index contributed by atoms with van der Waals surface area (Å²) in [6.45, 7) is 7.31. The van der Waals surface area contributed by atoms with Crippen LogP contribution in [0.4, 0.5) is 5.69 Å². The van der Waals surface area contributed by atoms with Crippen molar-refractivity contribution >= 4 is 28.9 Å². The second kappa shape index (κ2) is 8.06. The average Bonchev–Trinajstić information content (AvgIpc) is 2.69. The van der Waals surface area contributed by atoms with Crippen LogP contribution >= 0.6 is 23.2 Å². The summed E-state index contributed by atoms with van der Waals surface area (Å²) in [6, 6.07) is 11.3. The third kappa shape index (κ3) is 3.97.